The maximum absolute atomic E-state index is 12.5. The van der Waals surface area contributed by atoms with E-state index in [1.54, 1.807) is 23.2 Å². The summed E-state index contributed by atoms with van der Waals surface area (Å²) in [5.74, 6) is -1.47. The molecule has 0 saturated heterocycles. The van der Waals surface area contributed by atoms with E-state index in [4.69, 9.17) is 20.9 Å². The van der Waals surface area contributed by atoms with E-state index in [1.807, 2.05) is 50.2 Å². The van der Waals surface area contributed by atoms with E-state index in [2.05, 4.69) is 42.1 Å². The van der Waals surface area contributed by atoms with Crippen molar-refractivity contribution in [1.29, 1.82) is 0 Å². The second-order valence-electron chi connectivity index (χ2n) is 9.41. The SMILES string of the molecule is CCc1nn(C(N)C(C)OC(=O)/C=C/C(=O)OC(C)C(N)n2nc(CC)c3ccc(Br)cc32)c2cc(Br)ccc12. The first kappa shape index (κ1) is 29.9. The number of aryl methyl sites for hydroxylation is 2. The number of carbonyl (C=O) groups excluding carboxylic acids is 2. The summed E-state index contributed by atoms with van der Waals surface area (Å²) in [6.07, 6.45) is 0.538. The van der Waals surface area contributed by atoms with Gasteiger partial charge in [-0.1, -0.05) is 45.7 Å². The second kappa shape index (κ2) is 12.6. The van der Waals surface area contributed by atoms with Crippen molar-refractivity contribution in [2.24, 2.45) is 11.5 Å². The highest BCUT2D eigenvalue weighted by Crippen LogP contribution is 2.27. The highest BCUT2D eigenvalue weighted by molar-refractivity contribution is 9.10. The molecule has 2 heterocycles. The average Bonchev–Trinajstić information content (AvgIpc) is 3.48. The monoisotopic (exact) mass is 674 g/mol. The normalized spacial score (nSPS) is 14.9. The first-order valence-corrected chi connectivity index (χ1v) is 14.6. The summed E-state index contributed by atoms with van der Waals surface area (Å²) in [6.45, 7) is 7.37. The van der Waals surface area contributed by atoms with E-state index in [-0.39, 0.29) is 0 Å². The number of nitrogens with two attached hydrogens (primary N) is 2. The molecule has 0 aliphatic rings. The van der Waals surface area contributed by atoms with Crippen LogP contribution >= 0.6 is 31.9 Å². The molecule has 4 atom stereocenters. The zero-order valence-corrected chi connectivity index (χ0v) is 25.8. The van der Waals surface area contributed by atoms with Gasteiger partial charge in [0.1, 0.15) is 24.5 Å². The van der Waals surface area contributed by atoms with Crippen molar-refractivity contribution in [2.45, 2.75) is 65.1 Å². The van der Waals surface area contributed by atoms with Crippen LogP contribution in [0.2, 0.25) is 0 Å². The third-order valence-corrected chi connectivity index (χ3v) is 7.63. The van der Waals surface area contributed by atoms with Crippen molar-refractivity contribution >= 4 is 65.6 Å². The fourth-order valence-electron chi connectivity index (χ4n) is 4.45. The van der Waals surface area contributed by atoms with Crippen LogP contribution in [-0.4, -0.2) is 43.7 Å². The van der Waals surface area contributed by atoms with Crippen LogP contribution in [0.15, 0.2) is 57.5 Å². The maximum atomic E-state index is 12.5. The minimum absolute atomic E-state index is 0.729. The lowest BCUT2D eigenvalue weighted by Gasteiger charge is -2.21. The van der Waals surface area contributed by atoms with E-state index < -0.39 is 36.5 Å². The molecule has 4 N–H and O–H groups in total. The molecule has 4 rings (SSSR count). The minimum atomic E-state index is -0.739. The number of rotatable bonds is 10. The van der Waals surface area contributed by atoms with Gasteiger partial charge >= 0.3 is 11.9 Å². The Bertz CT molecular complexity index is 1460. The van der Waals surface area contributed by atoms with Gasteiger partial charge in [-0.3, -0.25) is 0 Å². The molecular formula is C28H32Br2N6O4. The molecule has 0 saturated carbocycles. The van der Waals surface area contributed by atoms with E-state index >= 15 is 0 Å². The maximum Gasteiger partial charge on any atom is 0.331 e. The van der Waals surface area contributed by atoms with Crippen molar-refractivity contribution in [3.63, 3.8) is 0 Å². The number of carbonyl (C=O) groups is 2. The average molecular weight is 676 g/mol. The molecule has 212 valence electrons. The zero-order chi connectivity index (χ0) is 29.1. The number of benzene rings is 2. The highest BCUT2D eigenvalue weighted by atomic mass is 79.9. The molecule has 0 radical (unpaired) electrons. The molecule has 2 aromatic heterocycles. The standard InChI is InChI=1S/C28H32Br2N6O4/c1-5-21-19-9-7-17(29)13-23(19)35(33-21)27(31)15(3)39-25(37)11-12-26(38)40-16(4)28(32)36-24-14-18(30)8-10-20(24)22(6-2)34-36/h7-16,27-28H,5-6,31-32H2,1-4H3/b12-11+. The summed E-state index contributed by atoms with van der Waals surface area (Å²) in [5.41, 5.74) is 16.3. The van der Waals surface area contributed by atoms with Gasteiger partial charge in [0.2, 0.25) is 0 Å². The minimum Gasteiger partial charge on any atom is -0.456 e. The third kappa shape index (κ3) is 6.30. The number of aromatic nitrogens is 4. The number of fused-ring (bicyclic) bond motifs is 2. The Morgan fingerprint density at radius 2 is 1.18 bits per heavy atom. The summed E-state index contributed by atoms with van der Waals surface area (Å²) in [7, 11) is 0. The van der Waals surface area contributed by atoms with Gasteiger partial charge in [-0.2, -0.15) is 10.2 Å². The molecule has 0 spiro atoms. The summed E-state index contributed by atoms with van der Waals surface area (Å²) >= 11 is 6.96. The second-order valence-corrected chi connectivity index (χ2v) is 11.2. The van der Waals surface area contributed by atoms with Gasteiger partial charge in [0.15, 0.2) is 0 Å². The van der Waals surface area contributed by atoms with Gasteiger partial charge in [0.25, 0.3) is 0 Å². The lowest BCUT2D eigenvalue weighted by Crippen LogP contribution is -2.34. The van der Waals surface area contributed by atoms with E-state index in [9.17, 15) is 9.59 Å². The predicted molar refractivity (Wildman–Crippen MR) is 160 cm³/mol. The molecule has 0 bridgehead atoms. The summed E-state index contributed by atoms with van der Waals surface area (Å²) in [5, 5.41) is 11.2. The fraction of sp³-hybridized carbons (Fsp3) is 0.357. The molecule has 4 aromatic rings. The highest BCUT2D eigenvalue weighted by Gasteiger charge is 2.24. The molecule has 40 heavy (non-hydrogen) atoms. The Kier molecular flexibility index (Phi) is 9.44. The van der Waals surface area contributed by atoms with Crippen LogP contribution < -0.4 is 11.5 Å². The van der Waals surface area contributed by atoms with Crippen LogP contribution in [0.4, 0.5) is 0 Å². The van der Waals surface area contributed by atoms with Crippen LogP contribution in [-0.2, 0) is 31.9 Å². The molecule has 12 heteroatoms. The van der Waals surface area contributed by atoms with Crippen LogP contribution in [0.25, 0.3) is 21.8 Å². The summed E-state index contributed by atoms with van der Waals surface area (Å²) < 4.78 is 16.0. The van der Waals surface area contributed by atoms with Crippen LogP contribution in [0.3, 0.4) is 0 Å². The van der Waals surface area contributed by atoms with Gasteiger partial charge in [0.05, 0.1) is 22.4 Å². The number of nitrogens with zero attached hydrogens (tertiary/aromatic N) is 4. The Hall–Kier alpha value is -3.06. The molecule has 0 aliphatic carbocycles. The Balaban J connectivity index is 1.38. The van der Waals surface area contributed by atoms with Gasteiger partial charge in [-0.25, -0.2) is 19.0 Å². The first-order valence-electron chi connectivity index (χ1n) is 13.0. The summed E-state index contributed by atoms with van der Waals surface area (Å²) in [4.78, 5) is 25.0. The quantitative estimate of drug-likeness (QED) is 0.175. The van der Waals surface area contributed by atoms with Crippen molar-refractivity contribution in [3.8, 4) is 0 Å². The number of esters is 2. The van der Waals surface area contributed by atoms with Crippen molar-refractivity contribution in [2.75, 3.05) is 0 Å². The lowest BCUT2D eigenvalue weighted by atomic mass is 10.2. The van der Waals surface area contributed by atoms with E-state index in [0.717, 1.165) is 67.1 Å². The molecular weight excluding hydrogens is 644 g/mol. The zero-order valence-electron chi connectivity index (χ0n) is 22.7. The molecule has 0 aliphatic heterocycles. The predicted octanol–water partition coefficient (Wildman–Crippen LogP) is 5.07. The molecule has 0 amide bonds. The topological polar surface area (TPSA) is 140 Å². The largest absolute Gasteiger partial charge is 0.456 e. The van der Waals surface area contributed by atoms with Crippen molar-refractivity contribution < 1.29 is 19.1 Å². The van der Waals surface area contributed by atoms with Gasteiger partial charge in [0, 0.05) is 31.9 Å². The number of ether oxygens (including phenoxy) is 2. The Morgan fingerprint density at radius 3 is 1.52 bits per heavy atom. The summed E-state index contributed by atoms with van der Waals surface area (Å²) in [6, 6.07) is 11.7. The Morgan fingerprint density at radius 1 is 0.800 bits per heavy atom. The number of hydrogen-bond acceptors (Lipinski definition) is 8. The number of halogens is 2. The Labute approximate surface area is 248 Å². The molecule has 2 aromatic carbocycles. The molecule has 0 fully saturated rings. The molecule has 4 unspecified atom stereocenters. The third-order valence-electron chi connectivity index (χ3n) is 6.65. The van der Waals surface area contributed by atoms with E-state index in [0.29, 0.717) is 0 Å². The van der Waals surface area contributed by atoms with Crippen molar-refractivity contribution in [1.82, 2.24) is 19.6 Å². The van der Waals surface area contributed by atoms with Crippen LogP contribution in [0.1, 0.15) is 51.4 Å². The van der Waals surface area contributed by atoms with Gasteiger partial charge in [-0.05, 0) is 63.1 Å². The fourth-order valence-corrected chi connectivity index (χ4v) is 5.15. The van der Waals surface area contributed by atoms with Crippen molar-refractivity contribution in [3.05, 3.63) is 68.9 Å². The van der Waals surface area contributed by atoms with Gasteiger partial charge < -0.3 is 20.9 Å². The smallest absolute Gasteiger partial charge is 0.331 e. The van der Waals surface area contributed by atoms with Crippen LogP contribution in [0.5, 0.6) is 0 Å². The van der Waals surface area contributed by atoms with Crippen LogP contribution in [0, 0.1) is 0 Å². The van der Waals surface area contributed by atoms with E-state index in [1.165, 1.54) is 0 Å². The van der Waals surface area contributed by atoms with Gasteiger partial charge in [-0.15, -0.1) is 0 Å². The lowest BCUT2D eigenvalue weighted by molar-refractivity contribution is -0.147. The first-order chi connectivity index (χ1) is 19.0. The number of hydrogen-bond donors (Lipinski definition) is 2. The molecule has 10 nitrogen and oxygen atoms in total.